The van der Waals surface area contributed by atoms with E-state index in [4.69, 9.17) is 4.74 Å². The smallest absolute Gasteiger partial charge is 0.255 e. The molecule has 0 saturated carbocycles. The fourth-order valence-corrected chi connectivity index (χ4v) is 3.63. The predicted molar refractivity (Wildman–Crippen MR) is 136 cm³/mol. The SMILES string of the molecule is COc1ccc(NC(=O)c2ccc(NC(=O)CNC(C)c3ccc4ccccc4c3)cc2)cc1. The van der Waals surface area contributed by atoms with Crippen molar-refractivity contribution in [3.8, 4) is 5.75 Å². The van der Waals surface area contributed by atoms with Crippen LogP contribution in [0.3, 0.4) is 0 Å². The Labute approximate surface area is 199 Å². The Morgan fingerprint density at radius 3 is 2.15 bits per heavy atom. The van der Waals surface area contributed by atoms with E-state index in [-0.39, 0.29) is 24.4 Å². The summed E-state index contributed by atoms with van der Waals surface area (Å²) in [6.45, 7) is 2.21. The zero-order valence-electron chi connectivity index (χ0n) is 19.2. The van der Waals surface area contributed by atoms with Crippen molar-refractivity contribution >= 4 is 34.0 Å². The van der Waals surface area contributed by atoms with Crippen LogP contribution in [0.15, 0.2) is 91.0 Å². The van der Waals surface area contributed by atoms with E-state index in [2.05, 4.69) is 46.3 Å². The van der Waals surface area contributed by atoms with Gasteiger partial charge in [0.1, 0.15) is 5.75 Å². The third-order valence-corrected chi connectivity index (χ3v) is 5.62. The first kappa shape index (κ1) is 23.0. The monoisotopic (exact) mass is 453 g/mol. The summed E-state index contributed by atoms with van der Waals surface area (Å²) >= 11 is 0. The summed E-state index contributed by atoms with van der Waals surface area (Å²) in [5.74, 6) is 0.344. The second-order valence-corrected chi connectivity index (χ2v) is 8.02. The highest BCUT2D eigenvalue weighted by Crippen LogP contribution is 2.20. The Bertz CT molecular complexity index is 1280. The van der Waals surface area contributed by atoms with Crippen molar-refractivity contribution in [3.05, 3.63) is 102 Å². The van der Waals surface area contributed by atoms with E-state index in [1.807, 2.05) is 19.1 Å². The topological polar surface area (TPSA) is 79.5 Å². The molecule has 6 nitrogen and oxygen atoms in total. The molecule has 172 valence electrons. The molecule has 4 rings (SSSR count). The number of benzene rings is 4. The molecule has 0 fully saturated rings. The van der Waals surface area contributed by atoms with E-state index in [0.717, 1.165) is 11.3 Å². The predicted octanol–water partition coefficient (Wildman–Crippen LogP) is 5.39. The third-order valence-electron chi connectivity index (χ3n) is 5.62. The molecule has 0 saturated heterocycles. The molecule has 6 heteroatoms. The first-order valence-electron chi connectivity index (χ1n) is 11.1. The number of hydrogen-bond acceptors (Lipinski definition) is 4. The molecule has 0 aliphatic carbocycles. The van der Waals surface area contributed by atoms with E-state index in [0.29, 0.717) is 16.9 Å². The van der Waals surface area contributed by atoms with E-state index in [9.17, 15) is 9.59 Å². The van der Waals surface area contributed by atoms with E-state index in [1.165, 1.54) is 10.8 Å². The number of methoxy groups -OCH3 is 1. The van der Waals surface area contributed by atoms with Gasteiger partial charge in [0.25, 0.3) is 5.91 Å². The van der Waals surface area contributed by atoms with Gasteiger partial charge in [0.2, 0.25) is 5.91 Å². The van der Waals surface area contributed by atoms with E-state index >= 15 is 0 Å². The molecular weight excluding hydrogens is 426 g/mol. The molecule has 4 aromatic rings. The van der Waals surface area contributed by atoms with Crippen LogP contribution in [0.5, 0.6) is 5.75 Å². The number of carbonyl (C=O) groups excluding carboxylic acids is 2. The summed E-state index contributed by atoms with van der Waals surface area (Å²) in [6, 6.07) is 28.4. The Balaban J connectivity index is 1.28. The molecule has 3 N–H and O–H groups in total. The number of hydrogen-bond donors (Lipinski definition) is 3. The van der Waals surface area contributed by atoms with Crippen molar-refractivity contribution in [1.29, 1.82) is 0 Å². The van der Waals surface area contributed by atoms with Gasteiger partial charge < -0.3 is 20.7 Å². The number of ether oxygens (including phenoxy) is 1. The first-order chi connectivity index (χ1) is 16.5. The van der Waals surface area contributed by atoms with Crippen molar-refractivity contribution in [2.45, 2.75) is 13.0 Å². The Hall–Kier alpha value is -4.16. The van der Waals surface area contributed by atoms with Gasteiger partial charge in [0.05, 0.1) is 13.7 Å². The van der Waals surface area contributed by atoms with E-state index in [1.54, 1.807) is 55.6 Å². The summed E-state index contributed by atoms with van der Waals surface area (Å²) in [5.41, 5.74) is 2.93. The van der Waals surface area contributed by atoms with Crippen LogP contribution in [0.1, 0.15) is 28.9 Å². The van der Waals surface area contributed by atoms with Gasteiger partial charge in [-0.05, 0) is 77.9 Å². The highest BCUT2D eigenvalue weighted by atomic mass is 16.5. The average molecular weight is 454 g/mol. The van der Waals surface area contributed by atoms with Gasteiger partial charge in [0.15, 0.2) is 0 Å². The summed E-state index contributed by atoms with van der Waals surface area (Å²) in [5, 5.41) is 11.3. The fraction of sp³-hybridized carbons (Fsp3) is 0.143. The Kier molecular flexibility index (Phi) is 7.20. The van der Waals surface area contributed by atoms with Crippen LogP contribution < -0.4 is 20.7 Å². The van der Waals surface area contributed by atoms with Gasteiger partial charge in [-0.1, -0.05) is 36.4 Å². The Morgan fingerprint density at radius 1 is 0.794 bits per heavy atom. The van der Waals surface area contributed by atoms with Crippen molar-refractivity contribution in [3.63, 3.8) is 0 Å². The maximum Gasteiger partial charge on any atom is 0.255 e. The van der Waals surface area contributed by atoms with Gasteiger partial charge in [0, 0.05) is 23.0 Å². The molecule has 0 bridgehead atoms. The summed E-state index contributed by atoms with van der Waals surface area (Å²) in [6.07, 6.45) is 0. The van der Waals surface area contributed by atoms with Crippen LogP contribution in [-0.2, 0) is 4.79 Å². The highest BCUT2D eigenvalue weighted by Gasteiger charge is 2.10. The van der Waals surface area contributed by atoms with Gasteiger partial charge in [-0.15, -0.1) is 0 Å². The first-order valence-corrected chi connectivity index (χ1v) is 11.1. The summed E-state index contributed by atoms with van der Waals surface area (Å²) < 4.78 is 5.12. The zero-order chi connectivity index (χ0) is 23.9. The lowest BCUT2D eigenvalue weighted by Crippen LogP contribution is -2.30. The average Bonchev–Trinajstić information content (AvgIpc) is 2.87. The van der Waals surface area contributed by atoms with Crippen LogP contribution in [-0.4, -0.2) is 25.5 Å². The van der Waals surface area contributed by atoms with Gasteiger partial charge in [-0.25, -0.2) is 0 Å². The molecule has 2 amide bonds. The molecule has 0 spiro atoms. The van der Waals surface area contributed by atoms with Crippen LogP contribution in [0, 0.1) is 0 Å². The molecule has 4 aromatic carbocycles. The van der Waals surface area contributed by atoms with Crippen LogP contribution in [0.4, 0.5) is 11.4 Å². The Morgan fingerprint density at radius 2 is 1.44 bits per heavy atom. The molecular formula is C28H27N3O3. The molecule has 0 radical (unpaired) electrons. The van der Waals surface area contributed by atoms with Gasteiger partial charge >= 0.3 is 0 Å². The minimum atomic E-state index is -0.228. The maximum atomic E-state index is 12.5. The van der Waals surface area contributed by atoms with Crippen molar-refractivity contribution in [2.24, 2.45) is 0 Å². The number of carbonyl (C=O) groups is 2. The molecule has 0 heterocycles. The molecule has 0 aromatic heterocycles. The second kappa shape index (κ2) is 10.6. The molecule has 0 aliphatic heterocycles. The number of rotatable bonds is 8. The molecule has 1 atom stereocenters. The number of fused-ring (bicyclic) bond motifs is 1. The quantitative estimate of drug-likeness (QED) is 0.334. The number of anilines is 2. The lowest BCUT2D eigenvalue weighted by molar-refractivity contribution is -0.115. The van der Waals surface area contributed by atoms with E-state index < -0.39 is 0 Å². The van der Waals surface area contributed by atoms with Crippen molar-refractivity contribution in [1.82, 2.24) is 5.32 Å². The fourth-order valence-electron chi connectivity index (χ4n) is 3.63. The maximum absolute atomic E-state index is 12.5. The standard InChI is InChI=1S/C28H27N3O3/c1-19(22-8-7-20-5-3-4-6-23(20)17-22)29-18-27(32)30-24-11-9-21(10-12-24)28(33)31-25-13-15-26(34-2)16-14-25/h3-17,19,29H,18H2,1-2H3,(H,30,32)(H,31,33). The lowest BCUT2D eigenvalue weighted by Gasteiger charge is -2.15. The highest BCUT2D eigenvalue weighted by molar-refractivity contribution is 6.04. The number of amides is 2. The lowest BCUT2D eigenvalue weighted by atomic mass is 10.0. The largest absolute Gasteiger partial charge is 0.497 e. The van der Waals surface area contributed by atoms with Crippen LogP contribution >= 0.6 is 0 Å². The number of nitrogens with one attached hydrogen (secondary N) is 3. The van der Waals surface area contributed by atoms with Crippen LogP contribution in [0.2, 0.25) is 0 Å². The summed E-state index contributed by atoms with van der Waals surface area (Å²) in [4.78, 5) is 24.9. The minimum absolute atomic E-state index is 0.0272. The van der Waals surface area contributed by atoms with Gasteiger partial charge in [-0.3, -0.25) is 9.59 Å². The molecule has 1 unspecified atom stereocenters. The normalized spacial score (nSPS) is 11.6. The zero-order valence-corrected chi connectivity index (χ0v) is 19.2. The van der Waals surface area contributed by atoms with Crippen molar-refractivity contribution < 1.29 is 14.3 Å². The molecule has 34 heavy (non-hydrogen) atoms. The molecule has 0 aliphatic rings. The van der Waals surface area contributed by atoms with Gasteiger partial charge in [-0.2, -0.15) is 0 Å². The second-order valence-electron chi connectivity index (χ2n) is 8.02. The van der Waals surface area contributed by atoms with Crippen LogP contribution in [0.25, 0.3) is 10.8 Å². The summed E-state index contributed by atoms with van der Waals surface area (Å²) in [7, 11) is 1.59. The third kappa shape index (κ3) is 5.79. The van der Waals surface area contributed by atoms with Crippen molar-refractivity contribution in [2.75, 3.05) is 24.3 Å². The minimum Gasteiger partial charge on any atom is -0.497 e.